The molecule has 2 aromatic heterocycles. The van der Waals surface area contributed by atoms with Crippen molar-refractivity contribution in [1.82, 2.24) is 15.4 Å². The van der Waals surface area contributed by atoms with Crippen molar-refractivity contribution < 1.29 is 13.7 Å². The number of hydrogen-bond donors (Lipinski definition) is 1. The van der Waals surface area contributed by atoms with Crippen LogP contribution in [0.1, 0.15) is 63.8 Å². The summed E-state index contributed by atoms with van der Waals surface area (Å²) in [7, 11) is 0. The molecule has 2 aliphatic heterocycles. The van der Waals surface area contributed by atoms with Gasteiger partial charge in [0.2, 0.25) is 0 Å². The van der Waals surface area contributed by atoms with Gasteiger partial charge >= 0.3 is 0 Å². The lowest BCUT2D eigenvalue weighted by Gasteiger charge is -2.31. The predicted octanol–water partition coefficient (Wildman–Crippen LogP) is 4.91. The van der Waals surface area contributed by atoms with E-state index in [-0.39, 0.29) is 11.7 Å². The Labute approximate surface area is 185 Å². The molecule has 3 aromatic rings. The second-order valence-electron chi connectivity index (χ2n) is 8.69. The molecule has 0 aliphatic carbocycles. The van der Waals surface area contributed by atoms with Crippen molar-refractivity contribution in [2.45, 2.75) is 50.9 Å². The van der Waals surface area contributed by atoms with Crippen LogP contribution in [0.25, 0.3) is 11.0 Å². The van der Waals surface area contributed by atoms with E-state index in [1.807, 2.05) is 11.3 Å². The van der Waals surface area contributed by atoms with Crippen molar-refractivity contribution in [2.24, 2.45) is 0 Å². The third kappa shape index (κ3) is 4.53. The highest BCUT2D eigenvalue weighted by atomic mass is 32.1. The van der Waals surface area contributed by atoms with E-state index in [1.54, 1.807) is 6.07 Å². The van der Waals surface area contributed by atoms with Crippen molar-refractivity contribution in [2.75, 3.05) is 26.2 Å². The molecule has 1 saturated heterocycles. The lowest BCUT2D eigenvalue weighted by molar-refractivity contribution is 0.0956. The normalized spacial score (nSPS) is 18.2. The summed E-state index contributed by atoms with van der Waals surface area (Å²) in [5.74, 6) is 0.199. The Bertz CT molecular complexity index is 1070. The van der Waals surface area contributed by atoms with Gasteiger partial charge in [-0.25, -0.2) is 4.39 Å². The molecule has 0 atom stereocenters. The van der Waals surface area contributed by atoms with Gasteiger partial charge in [-0.2, -0.15) is 0 Å². The predicted molar refractivity (Wildman–Crippen MR) is 120 cm³/mol. The number of hydrogen-bond acceptors (Lipinski definition) is 5. The first-order valence-electron chi connectivity index (χ1n) is 11.3. The molecule has 164 valence electrons. The van der Waals surface area contributed by atoms with Gasteiger partial charge in [0.1, 0.15) is 5.82 Å². The minimum absolute atomic E-state index is 0.0999. The Morgan fingerprint density at radius 3 is 2.97 bits per heavy atom. The van der Waals surface area contributed by atoms with Gasteiger partial charge in [-0.3, -0.25) is 4.79 Å². The second-order valence-corrected chi connectivity index (χ2v) is 9.91. The number of carbonyl (C=O) groups is 1. The van der Waals surface area contributed by atoms with Gasteiger partial charge in [0.25, 0.3) is 5.91 Å². The maximum atomic E-state index is 13.4. The number of rotatable bonds is 6. The van der Waals surface area contributed by atoms with Gasteiger partial charge in [-0.05, 0) is 82.8 Å². The Morgan fingerprint density at radius 2 is 2.10 bits per heavy atom. The van der Waals surface area contributed by atoms with E-state index in [4.69, 9.17) is 4.52 Å². The highest BCUT2D eigenvalue weighted by molar-refractivity contribution is 7.12. The van der Waals surface area contributed by atoms with Crippen LogP contribution in [0.2, 0.25) is 0 Å². The number of carbonyl (C=O) groups excluding carboxylic acids is 1. The van der Waals surface area contributed by atoms with Crippen molar-refractivity contribution >= 4 is 28.2 Å². The van der Waals surface area contributed by atoms with Gasteiger partial charge in [-0.1, -0.05) is 5.16 Å². The smallest absolute Gasteiger partial charge is 0.252 e. The van der Waals surface area contributed by atoms with Gasteiger partial charge in [0, 0.05) is 33.7 Å². The Morgan fingerprint density at radius 1 is 1.23 bits per heavy atom. The third-order valence-electron chi connectivity index (χ3n) is 6.55. The number of halogens is 1. The highest BCUT2D eigenvalue weighted by Crippen LogP contribution is 2.33. The zero-order valence-corrected chi connectivity index (χ0v) is 18.5. The number of unbranched alkanes of at least 4 members (excludes halogenated alkanes) is 1. The molecular formula is C24H28FN3O2S. The summed E-state index contributed by atoms with van der Waals surface area (Å²) in [5, 5.41) is 8.18. The number of amides is 1. The maximum Gasteiger partial charge on any atom is 0.252 e. The SMILES string of the molecule is O=C1NCCCc2sc(CCCCN3CCC(c4noc5cc(F)ccc45)CC3)cc21. The zero-order chi connectivity index (χ0) is 21.2. The monoisotopic (exact) mass is 441 g/mol. The molecule has 7 heteroatoms. The fourth-order valence-corrected chi connectivity index (χ4v) is 6.07. The Kier molecular flexibility index (Phi) is 6.05. The molecule has 1 amide bonds. The third-order valence-corrected chi connectivity index (χ3v) is 7.81. The van der Waals surface area contributed by atoms with Gasteiger partial charge < -0.3 is 14.7 Å². The molecule has 31 heavy (non-hydrogen) atoms. The molecule has 0 spiro atoms. The largest absolute Gasteiger partial charge is 0.356 e. The molecular weight excluding hydrogens is 413 g/mol. The molecule has 2 aliphatic rings. The fourth-order valence-electron chi connectivity index (χ4n) is 4.82. The number of likely N-dealkylation sites (tertiary alicyclic amines) is 1. The Hall–Kier alpha value is -2.25. The summed E-state index contributed by atoms with van der Waals surface area (Å²) >= 11 is 1.83. The quantitative estimate of drug-likeness (QED) is 0.553. The summed E-state index contributed by atoms with van der Waals surface area (Å²) in [6.45, 7) is 4.03. The van der Waals surface area contributed by atoms with Gasteiger partial charge in [0.05, 0.1) is 11.3 Å². The van der Waals surface area contributed by atoms with Crippen LogP contribution in [0.3, 0.4) is 0 Å². The minimum Gasteiger partial charge on any atom is -0.356 e. The number of aromatic nitrogens is 1. The number of fused-ring (bicyclic) bond motifs is 2. The van der Waals surface area contributed by atoms with E-state index < -0.39 is 0 Å². The Balaban J connectivity index is 1.08. The summed E-state index contributed by atoms with van der Waals surface area (Å²) in [6, 6.07) is 6.80. The molecule has 0 saturated carbocycles. The van der Waals surface area contributed by atoms with E-state index in [1.165, 1.54) is 28.3 Å². The molecule has 0 unspecified atom stereocenters. The van der Waals surface area contributed by atoms with E-state index in [9.17, 15) is 9.18 Å². The van der Waals surface area contributed by atoms with Crippen LogP contribution in [0.4, 0.5) is 4.39 Å². The average molecular weight is 442 g/mol. The molecule has 1 fully saturated rings. The standard InChI is InChI=1S/C24H28FN3O2S/c25-17-6-7-19-21(14-17)30-27-23(19)16-8-12-28(13-9-16)11-2-1-4-18-15-20-22(31-18)5-3-10-26-24(20)29/h6-7,14-16H,1-5,8-13H2,(H,26,29). The van der Waals surface area contributed by atoms with Crippen LogP contribution in [0.5, 0.6) is 0 Å². The van der Waals surface area contributed by atoms with Gasteiger partial charge in [0.15, 0.2) is 5.58 Å². The van der Waals surface area contributed by atoms with Crippen LogP contribution in [-0.4, -0.2) is 42.1 Å². The molecule has 1 N–H and O–H groups in total. The first-order chi connectivity index (χ1) is 15.2. The number of benzene rings is 1. The van der Waals surface area contributed by atoms with Crippen molar-refractivity contribution in [3.05, 3.63) is 51.1 Å². The number of piperidine rings is 1. The van der Waals surface area contributed by atoms with E-state index in [0.717, 1.165) is 81.3 Å². The summed E-state index contributed by atoms with van der Waals surface area (Å²) < 4.78 is 18.7. The van der Waals surface area contributed by atoms with Crippen molar-refractivity contribution in [3.63, 3.8) is 0 Å². The number of aryl methyl sites for hydroxylation is 2. The summed E-state index contributed by atoms with van der Waals surface area (Å²) in [4.78, 5) is 17.3. The molecule has 5 nitrogen and oxygen atoms in total. The summed E-state index contributed by atoms with van der Waals surface area (Å²) in [5.41, 5.74) is 2.43. The number of nitrogens with zero attached hydrogens (tertiary/aromatic N) is 2. The van der Waals surface area contributed by atoms with Crippen LogP contribution in [-0.2, 0) is 12.8 Å². The zero-order valence-electron chi connectivity index (χ0n) is 17.7. The van der Waals surface area contributed by atoms with E-state index in [0.29, 0.717) is 11.5 Å². The second kappa shape index (κ2) is 9.09. The van der Waals surface area contributed by atoms with Crippen molar-refractivity contribution in [3.8, 4) is 0 Å². The first kappa shape index (κ1) is 20.6. The van der Waals surface area contributed by atoms with Crippen molar-refractivity contribution in [1.29, 1.82) is 0 Å². The summed E-state index contributed by atoms with van der Waals surface area (Å²) in [6.07, 6.45) is 7.56. The number of thiophene rings is 1. The first-order valence-corrected chi connectivity index (χ1v) is 12.2. The van der Waals surface area contributed by atoms with E-state index in [2.05, 4.69) is 21.4 Å². The highest BCUT2D eigenvalue weighted by Gasteiger charge is 2.25. The molecule has 1 aromatic carbocycles. The van der Waals surface area contributed by atoms with Crippen LogP contribution >= 0.6 is 11.3 Å². The fraction of sp³-hybridized carbons (Fsp3) is 0.500. The topological polar surface area (TPSA) is 58.4 Å². The van der Waals surface area contributed by atoms with E-state index >= 15 is 0 Å². The lowest BCUT2D eigenvalue weighted by atomic mass is 9.91. The van der Waals surface area contributed by atoms with Crippen LogP contribution in [0.15, 0.2) is 28.8 Å². The molecule has 4 heterocycles. The van der Waals surface area contributed by atoms with Crippen LogP contribution in [0, 0.1) is 5.82 Å². The minimum atomic E-state index is -0.286. The molecule has 0 radical (unpaired) electrons. The maximum absolute atomic E-state index is 13.4. The average Bonchev–Trinajstić information content (AvgIpc) is 3.34. The van der Waals surface area contributed by atoms with Crippen LogP contribution < -0.4 is 5.32 Å². The molecule has 5 rings (SSSR count). The molecule has 0 bridgehead atoms. The van der Waals surface area contributed by atoms with Gasteiger partial charge in [-0.15, -0.1) is 11.3 Å². The lowest BCUT2D eigenvalue weighted by Crippen LogP contribution is -2.33. The number of nitrogens with one attached hydrogen (secondary N) is 1.